The first kappa shape index (κ1) is 21.0. The highest BCUT2D eigenvalue weighted by atomic mass is 15.0. The molecule has 0 aliphatic carbocycles. The summed E-state index contributed by atoms with van der Waals surface area (Å²) < 4.78 is 0. The van der Waals surface area contributed by atoms with Crippen LogP contribution in [0.15, 0.2) is 30.3 Å². The van der Waals surface area contributed by atoms with E-state index in [0.29, 0.717) is 19.0 Å². The summed E-state index contributed by atoms with van der Waals surface area (Å²) in [6, 6.07) is 10.5. The standard InChI is InChI=1S/C9H12.C8H23N5/c1-8(2)9-6-4-3-5-7-9;9-1-3-11-5-7-13-8-6-12-4-2-10/h3-8H,1-2H3;11-13H,1-10H2. The summed E-state index contributed by atoms with van der Waals surface area (Å²) >= 11 is 0. The monoisotopic (exact) mass is 309 g/mol. The topological polar surface area (TPSA) is 88.1 Å². The van der Waals surface area contributed by atoms with Crippen LogP contribution in [0.2, 0.25) is 0 Å². The summed E-state index contributed by atoms with van der Waals surface area (Å²) in [7, 11) is 0. The highest BCUT2D eigenvalue weighted by Gasteiger charge is 1.93. The Bertz CT molecular complexity index is 306. The Balaban J connectivity index is 0.000000425. The Morgan fingerprint density at radius 3 is 1.45 bits per heavy atom. The Morgan fingerprint density at radius 1 is 0.727 bits per heavy atom. The summed E-state index contributed by atoms with van der Waals surface area (Å²) in [6.07, 6.45) is 0. The molecule has 0 aromatic heterocycles. The van der Waals surface area contributed by atoms with Crippen molar-refractivity contribution < 1.29 is 0 Å². The third-order valence-electron chi connectivity index (χ3n) is 3.07. The van der Waals surface area contributed by atoms with Crippen molar-refractivity contribution in [1.29, 1.82) is 0 Å². The number of nitrogens with two attached hydrogens (primary N) is 2. The van der Waals surface area contributed by atoms with E-state index in [1.165, 1.54) is 5.56 Å². The number of benzene rings is 1. The molecule has 0 amide bonds. The van der Waals surface area contributed by atoms with E-state index in [2.05, 4.69) is 54.1 Å². The maximum absolute atomic E-state index is 5.32. The van der Waals surface area contributed by atoms with Gasteiger partial charge in [-0.25, -0.2) is 0 Å². The van der Waals surface area contributed by atoms with Gasteiger partial charge in [-0.15, -0.1) is 0 Å². The lowest BCUT2D eigenvalue weighted by Gasteiger charge is -2.06. The minimum absolute atomic E-state index is 0.659. The maximum atomic E-state index is 5.32. The number of nitrogens with one attached hydrogen (secondary N) is 3. The fourth-order valence-electron chi connectivity index (χ4n) is 1.77. The van der Waals surface area contributed by atoms with Crippen molar-refractivity contribution in [3.63, 3.8) is 0 Å². The van der Waals surface area contributed by atoms with Crippen LogP contribution in [0.4, 0.5) is 0 Å². The Labute approximate surface area is 136 Å². The third-order valence-corrected chi connectivity index (χ3v) is 3.07. The van der Waals surface area contributed by atoms with E-state index in [9.17, 15) is 0 Å². The van der Waals surface area contributed by atoms with Crippen LogP contribution in [0, 0.1) is 0 Å². The molecule has 22 heavy (non-hydrogen) atoms. The molecule has 0 saturated heterocycles. The van der Waals surface area contributed by atoms with Gasteiger partial charge in [-0.2, -0.15) is 0 Å². The average molecular weight is 310 g/mol. The van der Waals surface area contributed by atoms with Crippen molar-refractivity contribution in [2.45, 2.75) is 19.8 Å². The Morgan fingerprint density at radius 2 is 1.14 bits per heavy atom. The van der Waals surface area contributed by atoms with Gasteiger partial charge in [-0.3, -0.25) is 0 Å². The molecule has 1 rings (SSSR count). The molecule has 1 aromatic carbocycles. The van der Waals surface area contributed by atoms with Crippen LogP contribution in [0.25, 0.3) is 0 Å². The zero-order valence-corrected chi connectivity index (χ0v) is 14.3. The number of hydrogen-bond donors (Lipinski definition) is 5. The van der Waals surface area contributed by atoms with Crippen LogP contribution in [-0.2, 0) is 0 Å². The second kappa shape index (κ2) is 16.4. The first-order valence-corrected chi connectivity index (χ1v) is 8.29. The van der Waals surface area contributed by atoms with Gasteiger partial charge in [0.25, 0.3) is 0 Å². The van der Waals surface area contributed by atoms with Crippen molar-refractivity contribution in [2.24, 2.45) is 11.5 Å². The van der Waals surface area contributed by atoms with E-state index >= 15 is 0 Å². The van der Waals surface area contributed by atoms with Gasteiger partial charge in [-0.1, -0.05) is 44.2 Å². The lowest BCUT2D eigenvalue weighted by molar-refractivity contribution is 0.586. The van der Waals surface area contributed by atoms with Crippen LogP contribution >= 0.6 is 0 Å². The largest absolute Gasteiger partial charge is 0.329 e. The first-order valence-electron chi connectivity index (χ1n) is 8.29. The summed E-state index contributed by atoms with van der Waals surface area (Å²) in [5.74, 6) is 0.659. The van der Waals surface area contributed by atoms with Crippen LogP contribution in [0.5, 0.6) is 0 Å². The molecule has 0 fully saturated rings. The van der Waals surface area contributed by atoms with E-state index in [-0.39, 0.29) is 0 Å². The fraction of sp³-hybridized carbons (Fsp3) is 0.647. The number of hydrogen-bond acceptors (Lipinski definition) is 5. The molecule has 0 saturated carbocycles. The second-order valence-electron chi connectivity index (χ2n) is 5.39. The predicted octanol–water partition coefficient (Wildman–Crippen LogP) is 0.483. The normalized spacial score (nSPS) is 10.4. The van der Waals surface area contributed by atoms with Crippen LogP contribution in [0.3, 0.4) is 0 Å². The highest BCUT2D eigenvalue weighted by molar-refractivity contribution is 5.17. The summed E-state index contributed by atoms with van der Waals surface area (Å²) in [6.45, 7) is 11.6. The van der Waals surface area contributed by atoms with E-state index in [0.717, 1.165) is 39.3 Å². The molecule has 0 radical (unpaired) electrons. The quantitative estimate of drug-likeness (QED) is 0.384. The van der Waals surface area contributed by atoms with Gasteiger partial charge < -0.3 is 27.4 Å². The van der Waals surface area contributed by atoms with Crippen molar-refractivity contribution >= 4 is 0 Å². The molecular weight excluding hydrogens is 274 g/mol. The Kier molecular flexibility index (Phi) is 15.7. The molecule has 0 atom stereocenters. The molecular formula is C17H35N5. The summed E-state index contributed by atoms with van der Waals surface area (Å²) in [4.78, 5) is 0. The molecule has 1 aromatic rings. The zero-order valence-electron chi connectivity index (χ0n) is 14.3. The fourth-order valence-corrected chi connectivity index (χ4v) is 1.77. The lowest BCUT2D eigenvalue weighted by Crippen LogP contribution is -2.35. The summed E-state index contributed by atoms with van der Waals surface area (Å²) in [5, 5.41) is 9.71. The molecule has 0 spiro atoms. The molecule has 0 aliphatic heterocycles. The van der Waals surface area contributed by atoms with E-state index in [1.54, 1.807) is 0 Å². The molecule has 5 nitrogen and oxygen atoms in total. The van der Waals surface area contributed by atoms with E-state index < -0.39 is 0 Å². The van der Waals surface area contributed by atoms with Crippen LogP contribution in [-0.4, -0.2) is 52.4 Å². The Hall–Kier alpha value is -0.980. The van der Waals surface area contributed by atoms with E-state index in [4.69, 9.17) is 11.5 Å². The van der Waals surface area contributed by atoms with E-state index in [1.807, 2.05) is 6.07 Å². The van der Waals surface area contributed by atoms with Gasteiger partial charge >= 0.3 is 0 Å². The highest BCUT2D eigenvalue weighted by Crippen LogP contribution is 2.11. The molecule has 0 unspecified atom stereocenters. The van der Waals surface area contributed by atoms with Gasteiger partial charge in [0, 0.05) is 52.4 Å². The minimum atomic E-state index is 0.659. The minimum Gasteiger partial charge on any atom is -0.329 e. The zero-order chi connectivity index (χ0) is 16.5. The van der Waals surface area contributed by atoms with Crippen molar-refractivity contribution in [1.82, 2.24) is 16.0 Å². The van der Waals surface area contributed by atoms with Gasteiger partial charge in [0.2, 0.25) is 0 Å². The average Bonchev–Trinajstić information content (AvgIpc) is 2.55. The predicted molar refractivity (Wildman–Crippen MR) is 97.2 cm³/mol. The molecule has 0 bridgehead atoms. The smallest absolute Gasteiger partial charge is 0.00772 e. The molecule has 7 N–H and O–H groups in total. The van der Waals surface area contributed by atoms with Gasteiger partial charge in [-0.05, 0) is 11.5 Å². The second-order valence-corrected chi connectivity index (χ2v) is 5.39. The van der Waals surface area contributed by atoms with Crippen molar-refractivity contribution in [3.05, 3.63) is 35.9 Å². The number of rotatable bonds is 11. The van der Waals surface area contributed by atoms with Gasteiger partial charge in [0.05, 0.1) is 0 Å². The molecule has 5 heteroatoms. The lowest BCUT2D eigenvalue weighted by atomic mass is 10.0. The van der Waals surface area contributed by atoms with Crippen LogP contribution in [0.1, 0.15) is 25.3 Å². The van der Waals surface area contributed by atoms with Crippen molar-refractivity contribution in [3.8, 4) is 0 Å². The van der Waals surface area contributed by atoms with Gasteiger partial charge in [0.1, 0.15) is 0 Å². The van der Waals surface area contributed by atoms with Crippen LogP contribution < -0.4 is 27.4 Å². The molecule has 0 aliphatic rings. The summed E-state index contributed by atoms with van der Waals surface area (Å²) in [5.41, 5.74) is 12.1. The molecule has 0 heterocycles. The third kappa shape index (κ3) is 14.0. The molecule has 128 valence electrons. The van der Waals surface area contributed by atoms with Crippen molar-refractivity contribution in [2.75, 3.05) is 52.4 Å². The SMILES string of the molecule is CC(C)c1ccccc1.NCCNCCNCCNCCN. The first-order chi connectivity index (χ1) is 10.7. The van der Waals surface area contributed by atoms with Gasteiger partial charge in [0.15, 0.2) is 0 Å². The maximum Gasteiger partial charge on any atom is 0.00772 e.